The molecule has 1 heterocycles. The molecule has 1 unspecified atom stereocenters. The predicted molar refractivity (Wildman–Crippen MR) is 144 cm³/mol. The average Bonchev–Trinajstić information content (AvgIpc) is 3.34. The van der Waals surface area contributed by atoms with Crippen LogP contribution in [0.1, 0.15) is 29.9 Å². The molecule has 202 valence electrons. The Hall–Kier alpha value is -4.79. The number of methoxy groups -OCH3 is 1. The number of aryl methyl sites for hydroxylation is 1. The second-order valence-corrected chi connectivity index (χ2v) is 8.98. The first-order chi connectivity index (χ1) is 18.8. The van der Waals surface area contributed by atoms with Crippen molar-refractivity contribution in [3.63, 3.8) is 0 Å². The van der Waals surface area contributed by atoms with Crippen molar-refractivity contribution in [3.05, 3.63) is 95.9 Å². The molecule has 0 bridgehead atoms. The molecule has 4 aromatic rings. The van der Waals surface area contributed by atoms with E-state index in [-0.39, 0.29) is 18.2 Å². The van der Waals surface area contributed by atoms with Crippen molar-refractivity contribution >= 4 is 12.1 Å². The lowest BCUT2D eigenvalue weighted by molar-refractivity contribution is -0.138. The fraction of sp³-hybridized carbons (Fsp3) is 0.233. The van der Waals surface area contributed by atoms with E-state index in [1.54, 1.807) is 48.5 Å². The van der Waals surface area contributed by atoms with Crippen LogP contribution in [0.15, 0.2) is 83.3 Å². The fourth-order valence-electron chi connectivity index (χ4n) is 3.94. The standard InChI is InChI=1S/C30H30N2O7/c1-20(28-21(2)38-29(31-28)23-7-5-4-6-8-23)19-37-25-11-9-22(10-12-25)17-32(18-27(33)34)30(35)39-26-15-13-24(36-3)14-16-26/h4-16,20H,17-19H2,1-3H3,(H,33,34). The van der Waals surface area contributed by atoms with Crippen LogP contribution >= 0.6 is 0 Å². The molecule has 1 atom stereocenters. The van der Waals surface area contributed by atoms with E-state index >= 15 is 0 Å². The van der Waals surface area contributed by atoms with Crippen molar-refractivity contribution in [2.24, 2.45) is 0 Å². The Morgan fingerprint density at radius 1 is 0.949 bits per heavy atom. The summed E-state index contributed by atoms with van der Waals surface area (Å²) in [5.41, 5.74) is 2.48. The minimum Gasteiger partial charge on any atom is -0.497 e. The van der Waals surface area contributed by atoms with E-state index in [2.05, 4.69) is 4.98 Å². The highest BCUT2D eigenvalue weighted by molar-refractivity contribution is 5.78. The van der Waals surface area contributed by atoms with Crippen molar-refractivity contribution in [2.45, 2.75) is 26.3 Å². The molecule has 0 aliphatic carbocycles. The number of aliphatic carboxylic acids is 1. The second-order valence-electron chi connectivity index (χ2n) is 8.98. The van der Waals surface area contributed by atoms with E-state index < -0.39 is 18.6 Å². The summed E-state index contributed by atoms with van der Waals surface area (Å²) in [6.45, 7) is 3.85. The summed E-state index contributed by atoms with van der Waals surface area (Å²) in [5.74, 6) is 1.71. The number of rotatable bonds is 11. The Labute approximate surface area is 226 Å². The van der Waals surface area contributed by atoms with E-state index in [4.69, 9.17) is 18.6 Å². The highest BCUT2D eigenvalue weighted by Crippen LogP contribution is 2.27. The SMILES string of the molecule is COc1ccc(OC(=O)N(CC(=O)O)Cc2ccc(OCC(C)c3nc(-c4ccccc4)oc3C)cc2)cc1. The fourth-order valence-corrected chi connectivity index (χ4v) is 3.94. The monoisotopic (exact) mass is 530 g/mol. The number of carboxylic acid groups (broad SMARTS) is 1. The van der Waals surface area contributed by atoms with Crippen molar-refractivity contribution in [1.82, 2.24) is 9.88 Å². The summed E-state index contributed by atoms with van der Waals surface area (Å²) in [4.78, 5) is 29.8. The molecule has 1 amide bonds. The summed E-state index contributed by atoms with van der Waals surface area (Å²) in [5, 5.41) is 9.29. The normalized spacial score (nSPS) is 11.5. The van der Waals surface area contributed by atoms with Gasteiger partial charge in [-0.05, 0) is 61.0 Å². The zero-order valence-corrected chi connectivity index (χ0v) is 22.0. The Morgan fingerprint density at radius 2 is 1.59 bits per heavy atom. The first kappa shape index (κ1) is 27.3. The van der Waals surface area contributed by atoms with E-state index in [0.717, 1.165) is 27.5 Å². The number of carbonyl (C=O) groups is 2. The van der Waals surface area contributed by atoms with Crippen molar-refractivity contribution in [3.8, 4) is 28.7 Å². The van der Waals surface area contributed by atoms with Gasteiger partial charge in [0, 0.05) is 18.0 Å². The van der Waals surface area contributed by atoms with Crippen LogP contribution in [0.25, 0.3) is 11.5 Å². The van der Waals surface area contributed by atoms with Gasteiger partial charge in [-0.25, -0.2) is 9.78 Å². The summed E-state index contributed by atoms with van der Waals surface area (Å²) < 4.78 is 22.3. The number of hydrogen-bond acceptors (Lipinski definition) is 7. The summed E-state index contributed by atoms with van der Waals surface area (Å²) in [7, 11) is 1.53. The molecule has 1 aromatic heterocycles. The van der Waals surface area contributed by atoms with Crippen molar-refractivity contribution in [1.29, 1.82) is 0 Å². The number of ether oxygens (including phenoxy) is 3. The van der Waals surface area contributed by atoms with Crippen LogP contribution in [0, 0.1) is 6.92 Å². The van der Waals surface area contributed by atoms with Gasteiger partial charge < -0.3 is 23.7 Å². The molecular formula is C30H30N2O7. The molecule has 1 N–H and O–H groups in total. The summed E-state index contributed by atoms with van der Waals surface area (Å²) in [6.07, 6.45) is -0.769. The predicted octanol–water partition coefficient (Wildman–Crippen LogP) is 5.93. The van der Waals surface area contributed by atoms with Crippen LogP contribution in [0.4, 0.5) is 4.79 Å². The molecular weight excluding hydrogens is 500 g/mol. The maximum Gasteiger partial charge on any atom is 0.416 e. The number of amides is 1. The Morgan fingerprint density at radius 3 is 2.23 bits per heavy atom. The lowest BCUT2D eigenvalue weighted by atomic mass is 10.1. The van der Waals surface area contributed by atoms with Gasteiger partial charge in [-0.3, -0.25) is 9.69 Å². The van der Waals surface area contributed by atoms with Crippen LogP contribution in [0.3, 0.4) is 0 Å². The zero-order chi connectivity index (χ0) is 27.8. The number of nitrogens with zero attached hydrogens (tertiary/aromatic N) is 2. The quantitative estimate of drug-likeness (QED) is 0.254. The minimum atomic E-state index is -1.14. The molecule has 9 nitrogen and oxygen atoms in total. The number of benzene rings is 3. The van der Waals surface area contributed by atoms with Crippen LogP contribution in [-0.4, -0.2) is 47.3 Å². The van der Waals surface area contributed by atoms with E-state index in [1.807, 2.05) is 44.2 Å². The van der Waals surface area contributed by atoms with Crippen LogP contribution in [-0.2, 0) is 11.3 Å². The molecule has 0 aliphatic rings. The van der Waals surface area contributed by atoms with Gasteiger partial charge >= 0.3 is 12.1 Å². The molecule has 0 saturated heterocycles. The molecule has 0 radical (unpaired) electrons. The van der Waals surface area contributed by atoms with Gasteiger partial charge in [0.2, 0.25) is 5.89 Å². The van der Waals surface area contributed by atoms with Crippen LogP contribution in [0.2, 0.25) is 0 Å². The first-order valence-electron chi connectivity index (χ1n) is 12.4. The molecule has 0 fully saturated rings. The third-order valence-electron chi connectivity index (χ3n) is 5.97. The largest absolute Gasteiger partial charge is 0.497 e. The maximum atomic E-state index is 12.7. The van der Waals surface area contributed by atoms with Gasteiger partial charge in [-0.2, -0.15) is 0 Å². The van der Waals surface area contributed by atoms with E-state index in [1.165, 1.54) is 7.11 Å². The number of hydrogen-bond donors (Lipinski definition) is 1. The van der Waals surface area contributed by atoms with Gasteiger partial charge in [-0.1, -0.05) is 37.3 Å². The topological polar surface area (TPSA) is 111 Å². The summed E-state index contributed by atoms with van der Waals surface area (Å²) >= 11 is 0. The minimum absolute atomic E-state index is 0.00956. The zero-order valence-electron chi connectivity index (χ0n) is 22.0. The first-order valence-corrected chi connectivity index (χ1v) is 12.4. The number of aromatic nitrogens is 1. The lowest BCUT2D eigenvalue weighted by Crippen LogP contribution is -2.37. The van der Waals surface area contributed by atoms with Crippen LogP contribution in [0.5, 0.6) is 17.2 Å². The Bertz CT molecular complexity index is 1380. The molecule has 0 saturated carbocycles. The molecule has 0 aliphatic heterocycles. The Kier molecular flexibility index (Phi) is 8.83. The highest BCUT2D eigenvalue weighted by atomic mass is 16.6. The maximum absolute atomic E-state index is 12.7. The molecule has 39 heavy (non-hydrogen) atoms. The van der Waals surface area contributed by atoms with Gasteiger partial charge in [-0.15, -0.1) is 0 Å². The van der Waals surface area contributed by atoms with Crippen LogP contribution < -0.4 is 14.2 Å². The molecule has 0 spiro atoms. The van der Waals surface area contributed by atoms with Crippen molar-refractivity contribution < 1.29 is 33.3 Å². The van der Waals surface area contributed by atoms with Gasteiger partial charge in [0.05, 0.1) is 19.4 Å². The van der Waals surface area contributed by atoms with Gasteiger partial charge in [0.15, 0.2) is 0 Å². The Balaban J connectivity index is 1.35. The highest BCUT2D eigenvalue weighted by Gasteiger charge is 2.20. The second kappa shape index (κ2) is 12.6. The molecule has 3 aromatic carbocycles. The smallest absolute Gasteiger partial charge is 0.416 e. The number of oxazole rings is 1. The lowest BCUT2D eigenvalue weighted by Gasteiger charge is -2.20. The van der Waals surface area contributed by atoms with Gasteiger partial charge in [0.25, 0.3) is 0 Å². The third-order valence-corrected chi connectivity index (χ3v) is 5.97. The van der Waals surface area contributed by atoms with E-state index in [0.29, 0.717) is 24.0 Å². The molecule has 9 heteroatoms. The third kappa shape index (κ3) is 7.38. The molecule has 4 rings (SSSR count). The summed E-state index contributed by atoms with van der Waals surface area (Å²) in [6, 6.07) is 23.3. The van der Waals surface area contributed by atoms with E-state index in [9.17, 15) is 14.7 Å². The number of carbonyl (C=O) groups excluding carboxylic acids is 1. The van der Waals surface area contributed by atoms with Crippen molar-refractivity contribution in [2.75, 3.05) is 20.3 Å². The average molecular weight is 531 g/mol. The van der Waals surface area contributed by atoms with Gasteiger partial charge in [0.1, 0.15) is 29.6 Å². The number of carboxylic acids is 1.